The first-order valence-corrected chi connectivity index (χ1v) is 10.3. The van der Waals surface area contributed by atoms with Gasteiger partial charge in [-0.25, -0.2) is 0 Å². The van der Waals surface area contributed by atoms with Crippen LogP contribution in [0.15, 0.2) is 30.3 Å². The third kappa shape index (κ3) is 5.99. The molecule has 2 aliphatic rings. The molecule has 1 aromatic rings. The monoisotopic (exact) mass is 404 g/mol. The van der Waals surface area contributed by atoms with Crippen molar-refractivity contribution in [3.63, 3.8) is 0 Å². The van der Waals surface area contributed by atoms with E-state index in [-0.39, 0.29) is 11.8 Å². The Morgan fingerprint density at radius 1 is 0.931 bits per heavy atom. The fourth-order valence-electron chi connectivity index (χ4n) is 4.03. The van der Waals surface area contributed by atoms with Crippen LogP contribution in [0, 0.1) is 0 Å². The molecule has 1 aromatic carbocycles. The van der Waals surface area contributed by atoms with Crippen molar-refractivity contribution in [3.05, 3.63) is 35.9 Å². The van der Waals surface area contributed by atoms with Gasteiger partial charge in [-0.15, -0.1) is 0 Å². The minimum Gasteiger partial charge on any atom is -0.368 e. The molecular formula is C21H36N6O2. The molecule has 7 N–H and O–H groups in total. The molecule has 0 aliphatic carbocycles. The van der Waals surface area contributed by atoms with Gasteiger partial charge in [0.2, 0.25) is 11.8 Å². The molecule has 162 valence electrons. The normalized spacial score (nSPS) is 20.9. The van der Waals surface area contributed by atoms with E-state index in [4.69, 9.17) is 11.5 Å². The summed E-state index contributed by atoms with van der Waals surface area (Å²) >= 11 is 0. The molecule has 0 radical (unpaired) electrons. The maximum Gasteiger partial charge on any atom is 0.237 e. The summed E-state index contributed by atoms with van der Waals surface area (Å²) in [5, 5.41) is 9.28. The molecular weight excluding hydrogens is 368 g/mol. The molecule has 2 amide bonds. The Hall–Kier alpha value is -2.00. The van der Waals surface area contributed by atoms with Gasteiger partial charge in [0.15, 0.2) is 0 Å². The molecule has 0 unspecified atom stereocenters. The number of carbonyl (C=O) groups is 2. The van der Waals surface area contributed by atoms with Crippen LogP contribution in [0.1, 0.15) is 31.2 Å². The zero-order valence-corrected chi connectivity index (χ0v) is 17.7. The van der Waals surface area contributed by atoms with E-state index in [1.807, 2.05) is 13.1 Å². The molecule has 0 atom stereocenters. The summed E-state index contributed by atoms with van der Waals surface area (Å²) in [4.78, 5) is 24.9. The molecule has 0 saturated carbocycles. The Bertz CT molecular complexity index is 652. The van der Waals surface area contributed by atoms with Crippen molar-refractivity contribution in [1.29, 1.82) is 0 Å². The number of hydrogen-bond acceptors (Lipinski definition) is 6. The molecule has 2 aliphatic heterocycles. The van der Waals surface area contributed by atoms with Crippen LogP contribution in [0.3, 0.4) is 0 Å². The number of likely N-dealkylation sites (tertiary alicyclic amines) is 1. The third-order valence-corrected chi connectivity index (χ3v) is 6.32. The van der Waals surface area contributed by atoms with Gasteiger partial charge in [-0.1, -0.05) is 30.3 Å². The van der Waals surface area contributed by atoms with Crippen molar-refractivity contribution in [3.8, 4) is 0 Å². The van der Waals surface area contributed by atoms with Gasteiger partial charge in [0, 0.05) is 19.6 Å². The van der Waals surface area contributed by atoms with E-state index < -0.39 is 11.1 Å². The summed E-state index contributed by atoms with van der Waals surface area (Å²) in [5.74, 6) is -0.467. The van der Waals surface area contributed by atoms with Crippen LogP contribution in [0.4, 0.5) is 0 Å². The number of carbonyl (C=O) groups excluding carboxylic acids is 2. The molecule has 0 spiro atoms. The van der Waals surface area contributed by atoms with Gasteiger partial charge < -0.3 is 27.4 Å². The number of primary amides is 2. The summed E-state index contributed by atoms with van der Waals surface area (Å²) in [6, 6.07) is 10.4. The van der Waals surface area contributed by atoms with Gasteiger partial charge in [0.25, 0.3) is 0 Å². The molecule has 0 bridgehead atoms. The SMILES string of the molecule is CNC1(C(N)=O)CCN(Cc2ccccc2)CC1.CNC1(C(N)=O)CCNCC1. The van der Waals surface area contributed by atoms with E-state index in [1.54, 1.807) is 7.05 Å². The Morgan fingerprint density at radius 3 is 1.83 bits per heavy atom. The van der Waals surface area contributed by atoms with Gasteiger partial charge in [-0.2, -0.15) is 0 Å². The van der Waals surface area contributed by atoms with E-state index in [9.17, 15) is 9.59 Å². The van der Waals surface area contributed by atoms with Crippen LogP contribution in [-0.2, 0) is 16.1 Å². The highest BCUT2D eigenvalue weighted by Crippen LogP contribution is 2.22. The molecule has 0 aromatic heterocycles. The Morgan fingerprint density at radius 2 is 1.41 bits per heavy atom. The summed E-state index contributed by atoms with van der Waals surface area (Å²) < 4.78 is 0. The van der Waals surface area contributed by atoms with Gasteiger partial charge in [-0.05, 0) is 58.4 Å². The number of piperidine rings is 2. The lowest BCUT2D eigenvalue weighted by molar-refractivity contribution is -0.126. The highest BCUT2D eigenvalue weighted by atomic mass is 16.2. The van der Waals surface area contributed by atoms with Crippen molar-refractivity contribution < 1.29 is 9.59 Å². The smallest absolute Gasteiger partial charge is 0.237 e. The summed E-state index contributed by atoms with van der Waals surface area (Å²) in [6.07, 6.45) is 3.15. The predicted octanol–water partition coefficient (Wildman–Crippen LogP) is -0.461. The molecule has 2 fully saturated rings. The second kappa shape index (κ2) is 10.7. The molecule has 8 heteroatoms. The van der Waals surface area contributed by atoms with Crippen molar-refractivity contribution in [1.82, 2.24) is 20.9 Å². The second-order valence-corrected chi connectivity index (χ2v) is 7.90. The van der Waals surface area contributed by atoms with Crippen LogP contribution < -0.4 is 27.4 Å². The van der Waals surface area contributed by atoms with E-state index in [2.05, 4.69) is 45.1 Å². The minimum absolute atomic E-state index is 0.232. The second-order valence-electron chi connectivity index (χ2n) is 7.90. The zero-order valence-electron chi connectivity index (χ0n) is 17.7. The van der Waals surface area contributed by atoms with Gasteiger partial charge in [0.05, 0.1) is 11.1 Å². The van der Waals surface area contributed by atoms with Crippen molar-refractivity contribution in [2.45, 2.75) is 43.3 Å². The van der Waals surface area contributed by atoms with Gasteiger partial charge >= 0.3 is 0 Å². The van der Waals surface area contributed by atoms with E-state index in [1.165, 1.54) is 5.56 Å². The number of nitrogens with one attached hydrogen (secondary N) is 3. The average molecular weight is 405 g/mol. The first-order chi connectivity index (χ1) is 13.9. The number of nitrogens with zero attached hydrogens (tertiary/aromatic N) is 1. The van der Waals surface area contributed by atoms with Gasteiger partial charge in [-0.3, -0.25) is 14.5 Å². The number of nitrogens with two attached hydrogens (primary N) is 2. The van der Waals surface area contributed by atoms with Crippen LogP contribution in [0.25, 0.3) is 0 Å². The number of benzene rings is 1. The Labute approximate surface area is 173 Å². The highest BCUT2D eigenvalue weighted by Gasteiger charge is 2.38. The van der Waals surface area contributed by atoms with E-state index in [0.29, 0.717) is 0 Å². The van der Waals surface area contributed by atoms with Crippen molar-refractivity contribution >= 4 is 11.8 Å². The third-order valence-electron chi connectivity index (χ3n) is 6.32. The van der Waals surface area contributed by atoms with Crippen LogP contribution in [-0.4, -0.2) is 68.1 Å². The maximum absolute atomic E-state index is 11.5. The fourth-order valence-corrected chi connectivity index (χ4v) is 4.03. The standard InChI is InChI=1S/C14H21N3O.C7H15N3O/c1-16-14(13(15)18)7-9-17(10-8-14)11-12-5-3-2-4-6-12;1-9-7(6(8)11)2-4-10-5-3-7/h2-6,16H,7-11H2,1H3,(H2,15,18);9-10H,2-5H2,1H3,(H2,8,11). The quantitative estimate of drug-likeness (QED) is 0.437. The maximum atomic E-state index is 11.5. The first-order valence-electron chi connectivity index (χ1n) is 10.3. The highest BCUT2D eigenvalue weighted by molar-refractivity contribution is 5.85. The number of hydrogen-bond donors (Lipinski definition) is 5. The lowest BCUT2D eigenvalue weighted by Crippen LogP contribution is -2.59. The summed E-state index contributed by atoms with van der Waals surface area (Å²) in [7, 11) is 3.60. The Kier molecular flexibility index (Phi) is 8.58. The largest absolute Gasteiger partial charge is 0.368 e. The topological polar surface area (TPSA) is 126 Å². The van der Waals surface area contributed by atoms with E-state index in [0.717, 1.165) is 58.4 Å². The van der Waals surface area contributed by atoms with Crippen molar-refractivity contribution in [2.24, 2.45) is 11.5 Å². The van der Waals surface area contributed by atoms with Crippen LogP contribution in [0.2, 0.25) is 0 Å². The lowest BCUT2D eigenvalue weighted by Gasteiger charge is -2.39. The fraction of sp³-hybridized carbons (Fsp3) is 0.619. The molecule has 2 heterocycles. The van der Waals surface area contributed by atoms with Crippen LogP contribution >= 0.6 is 0 Å². The Balaban J connectivity index is 0.000000234. The zero-order chi connectivity index (χ0) is 21.3. The summed E-state index contributed by atoms with van der Waals surface area (Å²) in [6.45, 7) is 4.48. The molecule has 2 saturated heterocycles. The van der Waals surface area contributed by atoms with E-state index >= 15 is 0 Å². The van der Waals surface area contributed by atoms with Gasteiger partial charge in [0.1, 0.15) is 0 Å². The first kappa shape index (κ1) is 23.3. The lowest BCUT2D eigenvalue weighted by atomic mass is 9.87. The van der Waals surface area contributed by atoms with Crippen LogP contribution in [0.5, 0.6) is 0 Å². The minimum atomic E-state index is -0.507. The summed E-state index contributed by atoms with van der Waals surface area (Å²) in [5.41, 5.74) is 11.1. The number of amides is 2. The molecule has 3 rings (SSSR count). The average Bonchev–Trinajstić information content (AvgIpc) is 2.76. The van der Waals surface area contributed by atoms with Crippen molar-refractivity contribution in [2.75, 3.05) is 40.3 Å². The number of rotatable bonds is 6. The predicted molar refractivity (Wildman–Crippen MR) is 115 cm³/mol. The molecule has 29 heavy (non-hydrogen) atoms. The molecule has 8 nitrogen and oxygen atoms in total. The number of likely N-dealkylation sites (N-methyl/N-ethyl adjacent to an activating group) is 2.